The first-order chi connectivity index (χ1) is 13.3. The first kappa shape index (κ1) is 19.9. The molecule has 28 heavy (non-hydrogen) atoms. The van der Waals surface area contributed by atoms with Gasteiger partial charge in [-0.15, -0.1) is 0 Å². The van der Waals surface area contributed by atoms with E-state index >= 15 is 0 Å². The van der Waals surface area contributed by atoms with Gasteiger partial charge in [0.25, 0.3) is 5.91 Å². The zero-order valence-electron chi connectivity index (χ0n) is 15.0. The number of amides is 1. The number of nitrogens with zero attached hydrogens (tertiary/aromatic N) is 1. The van der Waals surface area contributed by atoms with Crippen LogP contribution in [0.15, 0.2) is 36.4 Å². The number of nitrogens with one attached hydrogen (secondary N) is 1. The highest BCUT2D eigenvalue weighted by molar-refractivity contribution is 6.30. The van der Waals surface area contributed by atoms with Crippen LogP contribution in [0.3, 0.4) is 0 Å². The Labute approximate surface area is 165 Å². The van der Waals surface area contributed by atoms with E-state index in [-0.39, 0.29) is 30.5 Å². The second-order valence-electron chi connectivity index (χ2n) is 6.25. The van der Waals surface area contributed by atoms with E-state index in [1.807, 2.05) is 0 Å². The number of hydrogen-bond acceptors (Lipinski definition) is 4. The monoisotopic (exact) mass is 404 g/mol. The molecule has 3 aromatic rings. The Morgan fingerprint density at radius 2 is 1.86 bits per heavy atom. The number of phenolic OH excluding ortho intramolecular Hbond substituents is 1. The zero-order valence-corrected chi connectivity index (χ0v) is 15.8. The third kappa shape index (κ3) is 3.58. The second-order valence-corrected chi connectivity index (χ2v) is 6.69. The van der Waals surface area contributed by atoms with Gasteiger partial charge >= 0.3 is 0 Å². The van der Waals surface area contributed by atoms with Gasteiger partial charge in [-0.1, -0.05) is 11.6 Å². The number of carbonyl (C=O) groups excluding carboxylic acids is 2. The van der Waals surface area contributed by atoms with Crippen LogP contribution in [-0.2, 0) is 11.2 Å². The number of aromatic hydroxyl groups is 1. The molecule has 0 fully saturated rings. The van der Waals surface area contributed by atoms with E-state index in [2.05, 4.69) is 5.32 Å². The van der Waals surface area contributed by atoms with Crippen LogP contribution < -0.4 is 5.32 Å². The Bertz CT molecular complexity index is 1060. The van der Waals surface area contributed by atoms with Crippen LogP contribution in [0, 0.1) is 12.7 Å². The number of aromatic nitrogens is 1. The fraction of sp³-hybridized carbons (Fsp3) is 0.200. The van der Waals surface area contributed by atoms with Crippen LogP contribution in [0.1, 0.15) is 21.6 Å². The molecule has 3 N–H and O–H groups in total. The molecule has 1 amide bonds. The number of phenols is 1. The van der Waals surface area contributed by atoms with Crippen LogP contribution in [0.25, 0.3) is 10.9 Å². The van der Waals surface area contributed by atoms with E-state index in [0.717, 1.165) is 0 Å². The molecule has 0 unspecified atom stereocenters. The van der Waals surface area contributed by atoms with Crippen LogP contribution in [0.4, 0.5) is 4.39 Å². The van der Waals surface area contributed by atoms with Crippen molar-refractivity contribution < 1.29 is 24.2 Å². The molecular weight excluding hydrogens is 387 g/mol. The molecule has 0 saturated carbocycles. The van der Waals surface area contributed by atoms with Crippen molar-refractivity contribution in [2.75, 3.05) is 13.2 Å². The second kappa shape index (κ2) is 8.00. The molecule has 0 radical (unpaired) electrons. The molecule has 0 saturated heterocycles. The molecule has 0 aliphatic heterocycles. The van der Waals surface area contributed by atoms with Gasteiger partial charge in [0.05, 0.1) is 18.5 Å². The van der Waals surface area contributed by atoms with Crippen molar-refractivity contribution in [3.8, 4) is 5.75 Å². The fourth-order valence-corrected chi connectivity index (χ4v) is 3.27. The third-order valence-corrected chi connectivity index (χ3v) is 4.73. The minimum atomic E-state index is -0.895. The number of fused-ring (bicyclic) bond motifs is 1. The van der Waals surface area contributed by atoms with Gasteiger partial charge in [-0.25, -0.2) is 4.39 Å². The maximum atomic E-state index is 14.7. The summed E-state index contributed by atoms with van der Waals surface area (Å²) in [6.45, 7) is 1.45. The molecule has 8 heteroatoms. The van der Waals surface area contributed by atoms with Gasteiger partial charge in [0.15, 0.2) is 11.6 Å². The highest BCUT2D eigenvalue weighted by Gasteiger charge is 2.24. The first-order valence-corrected chi connectivity index (χ1v) is 8.92. The first-order valence-electron chi connectivity index (χ1n) is 8.54. The fourth-order valence-electron chi connectivity index (χ4n) is 3.14. The highest BCUT2D eigenvalue weighted by atomic mass is 35.5. The van der Waals surface area contributed by atoms with Crippen LogP contribution in [-0.4, -0.2) is 39.7 Å². The average Bonchev–Trinajstić information content (AvgIpc) is 2.95. The number of aliphatic hydroxyl groups excluding tert-OH is 1. The van der Waals surface area contributed by atoms with Gasteiger partial charge in [-0.2, -0.15) is 0 Å². The molecule has 6 nitrogen and oxygen atoms in total. The summed E-state index contributed by atoms with van der Waals surface area (Å²) in [6.07, 6.45) is -0.205. The Balaban J connectivity index is 2.17. The van der Waals surface area contributed by atoms with Crippen LogP contribution >= 0.6 is 11.6 Å². The third-order valence-electron chi connectivity index (χ3n) is 4.48. The van der Waals surface area contributed by atoms with Gasteiger partial charge < -0.3 is 15.5 Å². The standard InChI is InChI=1S/C20H18ClFN2O4/c1-11-14(10-17(27)23-8-9-25)18-15(6-7-16(26)19(18)22)24(11)20(28)12-2-4-13(21)5-3-12/h2-7,25-26H,8-10H2,1H3,(H,23,27). The molecule has 0 spiro atoms. The van der Waals surface area contributed by atoms with Crippen molar-refractivity contribution in [2.45, 2.75) is 13.3 Å². The summed E-state index contributed by atoms with van der Waals surface area (Å²) >= 11 is 5.87. The van der Waals surface area contributed by atoms with Crippen molar-refractivity contribution in [2.24, 2.45) is 0 Å². The lowest BCUT2D eigenvalue weighted by Crippen LogP contribution is -2.28. The van der Waals surface area contributed by atoms with Crippen molar-refractivity contribution in [1.82, 2.24) is 9.88 Å². The molecule has 3 rings (SSSR count). The van der Waals surface area contributed by atoms with E-state index in [1.165, 1.54) is 16.7 Å². The topological polar surface area (TPSA) is 91.6 Å². The molecule has 146 valence electrons. The Hall–Kier alpha value is -2.90. The van der Waals surface area contributed by atoms with Crippen LogP contribution in [0.2, 0.25) is 5.02 Å². The lowest BCUT2D eigenvalue weighted by molar-refractivity contribution is -0.120. The van der Waals surface area contributed by atoms with E-state index < -0.39 is 23.4 Å². The van der Waals surface area contributed by atoms with Crippen molar-refractivity contribution >= 4 is 34.3 Å². The minimum Gasteiger partial charge on any atom is -0.505 e. The molecular formula is C20H18ClFN2O4. The molecule has 0 aliphatic carbocycles. The minimum absolute atomic E-state index is 0.0129. The lowest BCUT2D eigenvalue weighted by atomic mass is 10.1. The molecule has 0 atom stereocenters. The maximum Gasteiger partial charge on any atom is 0.262 e. The Kier molecular flexibility index (Phi) is 5.67. The summed E-state index contributed by atoms with van der Waals surface area (Å²) in [5, 5.41) is 21.6. The number of aliphatic hydroxyl groups is 1. The quantitative estimate of drug-likeness (QED) is 0.609. The molecule has 1 aromatic heterocycles. The van der Waals surface area contributed by atoms with E-state index in [4.69, 9.17) is 16.7 Å². The Morgan fingerprint density at radius 3 is 2.50 bits per heavy atom. The van der Waals surface area contributed by atoms with Gasteiger partial charge in [0.2, 0.25) is 5.91 Å². The van der Waals surface area contributed by atoms with Crippen molar-refractivity contribution in [3.05, 3.63) is 64.1 Å². The summed E-state index contributed by atoms with van der Waals surface area (Å²) in [6, 6.07) is 8.86. The molecule has 0 aliphatic rings. The highest BCUT2D eigenvalue weighted by Crippen LogP contribution is 2.33. The maximum absolute atomic E-state index is 14.7. The molecule has 0 bridgehead atoms. The predicted octanol–water partition coefficient (Wildman–Crippen LogP) is 2.79. The van der Waals surface area contributed by atoms with Crippen molar-refractivity contribution in [3.63, 3.8) is 0 Å². The Morgan fingerprint density at radius 1 is 1.18 bits per heavy atom. The SMILES string of the molecule is Cc1c(CC(=O)NCCO)c2c(F)c(O)ccc2n1C(=O)c1ccc(Cl)cc1. The smallest absolute Gasteiger partial charge is 0.262 e. The number of benzene rings is 2. The largest absolute Gasteiger partial charge is 0.505 e. The normalized spacial score (nSPS) is 11.0. The predicted molar refractivity (Wildman–Crippen MR) is 103 cm³/mol. The van der Waals surface area contributed by atoms with Gasteiger partial charge in [0.1, 0.15) is 0 Å². The van der Waals surface area contributed by atoms with E-state index in [1.54, 1.807) is 31.2 Å². The van der Waals surface area contributed by atoms with Gasteiger partial charge in [-0.05, 0) is 48.9 Å². The number of rotatable bonds is 5. The molecule has 1 heterocycles. The summed E-state index contributed by atoms with van der Waals surface area (Å²) in [7, 11) is 0. The number of hydrogen-bond donors (Lipinski definition) is 3. The van der Waals surface area contributed by atoms with Crippen LogP contribution in [0.5, 0.6) is 5.75 Å². The summed E-state index contributed by atoms with van der Waals surface area (Å²) in [5.41, 5.74) is 1.27. The van der Waals surface area contributed by atoms with E-state index in [0.29, 0.717) is 21.8 Å². The number of carbonyl (C=O) groups is 2. The summed E-state index contributed by atoms with van der Waals surface area (Å²) in [5.74, 6) is -2.31. The summed E-state index contributed by atoms with van der Waals surface area (Å²) < 4.78 is 16.0. The van der Waals surface area contributed by atoms with Crippen molar-refractivity contribution in [1.29, 1.82) is 0 Å². The lowest BCUT2D eigenvalue weighted by Gasteiger charge is -2.08. The summed E-state index contributed by atoms with van der Waals surface area (Å²) in [4.78, 5) is 25.2. The van der Waals surface area contributed by atoms with Gasteiger partial charge in [0, 0.05) is 28.2 Å². The van der Waals surface area contributed by atoms with Gasteiger partial charge in [-0.3, -0.25) is 14.2 Å². The molecule has 2 aromatic carbocycles. The zero-order chi connectivity index (χ0) is 20.4. The number of halogens is 2. The van der Waals surface area contributed by atoms with E-state index in [9.17, 15) is 19.1 Å². The average molecular weight is 405 g/mol.